The molecule has 31 heteroatoms. The van der Waals surface area contributed by atoms with Crippen molar-refractivity contribution >= 4 is 68.7 Å². The smallest absolute Gasteiger partial charge is 0.430 e. The summed E-state index contributed by atoms with van der Waals surface area (Å²) in [5.74, 6) is -10.7. The number of halogens is 5. The summed E-state index contributed by atoms with van der Waals surface area (Å²) in [5.41, 5.74) is 0.911. The molecule has 0 radical (unpaired) electrons. The molecule has 438 valence electrons. The molecule has 1 fully saturated rings. The summed E-state index contributed by atoms with van der Waals surface area (Å²) in [6.07, 6.45) is -9.62. The van der Waals surface area contributed by atoms with E-state index in [2.05, 4.69) is 21.3 Å². The van der Waals surface area contributed by atoms with Crippen LogP contribution in [0, 0.1) is 11.6 Å². The lowest BCUT2D eigenvalue weighted by Crippen LogP contribution is -2.61. The Balaban J connectivity index is 0.00000145. The fraction of sp³-hybridized carbons (Fsp3) is 0.314. The zero-order valence-corrected chi connectivity index (χ0v) is 43.8. The van der Waals surface area contributed by atoms with Gasteiger partial charge in [0.15, 0.2) is 6.10 Å². The van der Waals surface area contributed by atoms with E-state index in [1.807, 2.05) is 0 Å². The number of alkyl carbamates (subject to hydrolysis) is 1. The number of carboxylic acid groups (broad SMARTS) is 2. The molecule has 0 bridgehead atoms. The van der Waals surface area contributed by atoms with E-state index in [4.69, 9.17) is 24.1 Å². The average molecular weight is 1180 g/mol. The predicted octanol–water partition coefficient (Wildman–Crippen LogP) is 0.149. The third-order valence-corrected chi connectivity index (χ3v) is 13.4. The molecule has 5 aromatic rings. The summed E-state index contributed by atoms with van der Waals surface area (Å²) < 4.78 is 105. The molecule has 3 aromatic carbocycles. The number of hydrogen-bond donors (Lipinski definition) is 8. The number of benzene rings is 3. The lowest BCUT2D eigenvalue weighted by Gasteiger charge is -2.38. The number of aliphatic hydroxyl groups excluding tert-OH is 3. The highest BCUT2D eigenvalue weighted by molar-refractivity contribution is 7.91. The number of imidazole rings is 1. The molecule has 2 aromatic heterocycles. The Labute approximate surface area is 460 Å². The van der Waals surface area contributed by atoms with E-state index in [9.17, 15) is 84.4 Å². The maximum absolute atomic E-state index is 13.7. The SMILES string of the molecule is CC(C)(C)OC(=O)NCC(C(=O)NCCC(=O)Nc1cc(C[n+]2ccn3cc(C(=O)NCc4ccc(S(=O)(=O)c5cc(F)cc(F)c5)cc4)ccc32)ccc1O[C@@H]1O[C@H](C(=O)O)[C@@H](O)[C@H](O)[C@H]1O)N1C(=O)C=CC1=O.O=C([O-])C(F)(F)F. The maximum atomic E-state index is 13.7. The van der Waals surface area contributed by atoms with Gasteiger partial charge in [0.1, 0.15) is 78.4 Å². The number of ether oxygens (including phenoxy) is 3. The van der Waals surface area contributed by atoms with Crippen LogP contribution in [0.4, 0.5) is 32.4 Å². The molecule has 25 nitrogen and oxygen atoms in total. The second kappa shape index (κ2) is 25.7. The Morgan fingerprint density at radius 2 is 1.44 bits per heavy atom. The number of nitrogens with zero attached hydrogens (tertiary/aromatic N) is 3. The predicted molar refractivity (Wildman–Crippen MR) is 264 cm³/mol. The summed E-state index contributed by atoms with van der Waals surface area (Å²) in [6, 6.07) is 13.4. The first kappa shape index (κ1) is 62.3. The largest absolute Gasteiger partial charge is 0.542 e. The van der Waals surface area contributed by atoms with Crippen molar-refractivity contribution in [3.8, 4) is 5.75 Å². The number of carboxylic acids is 2. The van der Waals surface area contributed by atoms with Gasteiger partial charge in [0, 0.05) is 43.8 Å². The summed E-state index contributed by atoms with van der Waals surface area (Å²) in [5, 5.41) is 59.9. The molecule has 6 amide bonds. The van der Waals surface area contributed by atoms with Gasteiger partial charge in [-0.25, -0.2) is 35.8 Å². The van der Waals surface area contributed by atoms with Crippen molar-refractivity contribution in [3.05, 3.63) is 132 Å². The van der Waals surface area contributed by atoms with Crippen molar-refractivity contribution in [1.29, 1.82) is 0 Å². The first-order valence-corrected chi connectivity index (χ1v) is 25.5. The lowest BCUT2D eigenvalue weighted by molar-refractivity contribution is -0.661. The van der Waals surface area contributed by atoms with E-state index in [0.29, 0.717) is 39.9 Å². The van der Waals surface area contributed by atoms with Crippen LogP contribution in [0.3, 0.4) is 0 Å². The highest BCUT2D eigenvalue weighted by Gasteiger charge is 2.48. The highest BCUT2D eigenvalue weighted by atomic mass is 32.2. The fourth-order valence-corrected chi connectivity index (χ4v) is 9.05. The molecule has 7 rings (SSSR count). The molecular formula is C51H50F5N7O18S. The minimum atomic E-state index is -5.19. The number of aromatic nitrogens is 2. The van der Waals surface area contributed by atoms with Crippen LogP contribution in [-0.2, 0) is 61.2 Å². The summed E-state index contributed by atoms with van der Waals surface area (Å²) in [4.78, 5) is 98.0. The van der Waals surface area contributed by atoms with Crippen LogP contribution in [-0.4, -0.2) is 147 Å². The number of imide groups is 1. The van der Waals surface area contributed by atoms with E-state index in [-0.39, 0.29) is 41.5 Å². The van der Waals surface area contributed by atoms with E-state index < -0.39 is 135 Å². The van der Waals surface area contributed by atoms with Gasteiger partial charge in [0.2, 0.25) is 27.9 Å². The molecule has 2 aliphatic rings. The third-order valence-electron chi connectivity index (χ3n) is 11.7. The average Bonchev–Trinajstić information content (AvgIpc) is 3.51. The Kier molecular flexibility index (Phi) is 19.5. The number of aliphatic carboxylic acids is 2. The van der Waals surface area contributed by atoms with Crippen LogP contribution >= 0.6 is 0 Å². The molecule has 8 N–H and O–H groups in total. The Hall–Kier alpha value is -8.91. The van der Waals surface area contributed by atoms with E-state index in [1.165, 1.54) is 36.4 Å². The van der Waals surface area contributed by atoms with Gasteiger partial charge in [-0.05, 0) is 74.4 Å². The molecule has 1 saturated heterocycles. The summed E-state index contributed by atoms with van der Waals surface area (Å²) in [7, 11) is -4.23. The van der Waals surface area contributed by atoms with Crippen LogP contribution in [0.15, 0.2) is 113 Å². The van der Waals surface area contributed by atoms with Gasteiger partial charge in [-0.1, -0.05) is 18.2 Å². The molecule has 2 aliphatic heterocycles. The number of carbonyl (C=O) groups excluding carboxylic acids is 7. The number of carbonyl (C=O) groups is 8. The van der Waals surface area contributed by atoms with Gasteiger partial charge in [-0.3, -0.25) is 28.9 Å². The molecular weight excluding hydrogens is 1130 g/mol. The molecule has 0 spiro atoms. The fourth-order valence-electron chi connectivity index (χ4n) is 7.75. The summed E-state index contributed by atoms with van der Waals surface area (Å²) in [6.45, 7) is 4.04. The van der Waals surface area contributed by atoms with Crippen LogP contribution in [0.25, 0.3) is 5.65 Å². The highest BCUT2D eigenvalue weighted by Crippen LogP contribution is 2.31. The number of hydrogen-bond acceptors (Lipinski definition) is 17. The molecule has 6 atom stereocenters. The van der Waals surface area contributed by atoms with Gasteiger partial charge in [0.25, 0.3) is 23.4 Å². The van der Waals surface area contributed by atoms with Crippen molar-refractivity contribution in [1.82, 2.24) is 25.3 Å². The van der Waals surface area contributed by atoms with Gasteiger partial charge in [-0.2, -0.15) is 13.2 Å². The Bertz CT molecular complexity index is 3390. The van der Waals surface area contributed by atoms with Crippen LogP contribution in [0.1, 0.15) is 48.7 Å². The number of anilines is 1. The maximum Gasteiger partial charge on any atom is 0.430 e. The topological polar surface area (TPSA) is 362 Å². The van der Waals surface area contributed by atoms with Crippen molar-refractivity contribution in [2.24, 2.45) is 0 Å². The van der Waals surface area contributed by atoms with E-state index in [1.54, 1.807) is 66.5 Å². The van der Waals surface area contributed by atoms with Gasteiger partial charge >= 0.3 is 18.2 Å². The van der Waals surface area contributed by atoms with E-state index >= 15 is 0 Å². The van der Waals surface area contributed by atoms with Crippen molar-refractivity contribution in [3.63, 3.8) is 0 Å². The van der Waals surface area contributed by atoms with Crippen molar-refractivity contribution in [2.75, 3.05) is 18.4 Å². The zero-order chi connectivity index (χ0) is 60.6. The third kappa shape index (κ3) is 15.9. The number of sulfone groups is 1. The second-order valence-electron chi connectivity index (χ2n) is 18.9. The normalized spacial score (nSPS) is 18.4. The Morgan fingerprint density at radius 3 is 2.04 bits per heavy atom. The number of alkyl halides is 3. The van der Waals surface area contributed by atoms with E-state index in [0.717, 1.165) is 12.2 Å². The van der Waals surface area contributed by atoms with Crippen LogP contribution < -0.4 is 35.7 Å². The standard InChI is InChI=1S/C49H49F2N7O16S.C2HF3O2/c1-49(2,3)74-48(69)54-23-34(58-38(60)12-13-39(58)61)45(66)52-15-14-36(59)55-33-18-27(6-10-35(33)72-47-42(64)40(62)41(63)43(73-47)46(67)68)24-56-16-17-57-25-28(7-11-37(56)57)44(65)53-22-26-4-8-31(9-5-26)75(70,71)32-20-29(50)19-30(51)21-32;3-2(4,5)1(6)7/h4-13,16-21,25,34,40-43,47,62-64H,14-15,22-24H2,1-3H3,(H4-,52,53,54,55,59,65,66,67,68,69);(H,6,7)/t34?,40-,41-,42+,43-,47+;/m0./s1. The quantitative estimate of drug-likeness (QED) is 0.0329. The number of nitrogens with one attached hydrogen (secondary N) is 4. The lowest BCUT2D eigenvalue weighted by atomic mass is 9.99. The number of amides is 6. The van der Waals surface area contributed by atoms with Crippen LogP contribution in [0.5, 0.6) is 5.75 Å². The Morgan fingerprint density at radius 1 is 0.817 bits per heavy atom. The molecule has 1 unspecified atom stereocenters. The second-order valence-corrected chi connectivity index (χ2v) is 20.8. The monoisotopic (exact) mass is 1180 g/mol. The van der Waals surface area contributed by atoms with Gasteiger partial charge in [0.05, 0.1) is 27.6 Å². The minimum Gasteiger partial charge on any atom is -0.542 e. The van der Waals surface area contributed by atoms with Crippen molar-refractivity contribution < 1.29 is 113 Å². The summed E-state index contributed by atoms with van der Waals surface area (Å²) >= 11 is 0. The zero-order valence-electron chi connectivity index (χ0n) is 43.0. The van der Waals surface area contributed by atoms with Gasteiger partial charge in [-0.15, -0.1) is 0 Å². The molecule has 0 aliphatic carbocycles. The minimum absolute atomic E-state index is 0.00423. The number of aliphatic hydroxyl groups is 3. The number of pyridine rings is 1. The first-order chi connectivity index (χ1) is 38.3. The number of fused-ring (bicyclic) bond motifs is 1. The molecule has 0 saturated carbocycles. The molecule has 4 heterocycles. The van der Waals surface area contributed by atoms with Crippen LogP contribution in [0.2, 0.25) is 0 Å². The molecule has 82 heavy (non-hydrogen) atoms. The first-order valence-electron chi connectivity index (χ1n) is 24.0. The number of rotatable bonds is 18. The van der Waals surface area contributed by atoms with Crippen molar-refractivity contribution in [2.45, 2.75) is 98.6 Å². The van der Waals surface area contributed by atoms with Gasteiger partial charge < -0.3 is 65.8 Å².